The lowest BCUT2D eigenvalue weighted by Crippen LogP contribution is -2.05. The monoisotopic (exact) mass is 354 g/mol. The SMILES string of the molecule is CCNc1cc(Nc2cccc(Cl)c2Br)nc(CC)n1. The van der Waals surface area contributed by atoms with E-state index in [1.54, 1.807) is 0 Å². The van der Waals surface area contributed by atoms with Gasteiger partial charge in [-0.15, -0.1) is 0 Å². The van der Waals surface area contributed by atoms with Crippen molar-refractivity contribution in [2.75, 3.05) is 17.2 Å². The Labute approximate surface area is 132 Å². The number of anilines is 3. The third-order valence-electron chi connectivity index (χ3n) is 2.66. The van der Waals surface area contributed by atoms with Crippen LogP contribution in [0.1, 0.15) is 19.7 Å². The molecule has 0 spiro atoms. The summed E-state index contributed by atoms with van der Waals surface area (Å²) in [5.41, 5.74) is 0.876. The van der Waals surface area contributed by atoms with E-state index in [9.17, 15) is 0 Å². The maximum absolute atomic E-state index is 6.09. The van der Waals surface area contributed by atoms with Crippen molar-refractivity contribution in [2.45, 2.75) is 20.3 Å². The molecule has 1 aromatic carbocycles. The highest BCUT2D eigenvalue weighted by molar-refractivity contribution is 9.10. The van der Waals surface area contributed by atoms with Crippen molar-refractivity contribution in [1.82, 2.24) is 9.97 Å². The molecule has 0 radical (unpaired) electrons. The van der Waals surface area contributed by atoms with Crippen LogP contribution < -0.4 is 10.6 Å². The molecule has 0 amide bonds. The van der Waals surface area contributed by atoms with Gasteiger partial charge in [-0.2, -0.15) is 0 Å². The molecule has 20 heavy (non-hydrogen) atoms. The molecule has 0 atom stereocenters. The molecule has 0 saturated carbocycles. The summed E-state index contributed by atoms with van der Waals surface area (Å²) < 4.78 is 0.823. The lowest BCUT2D eigenvalue weighted by atomic mass is 10.3. The molecule has 0 aliphatic rings. The molecule has 0 unspecified atom stereocenters. The fraction of sp³-hybridized carbons (Fsp3) is 0.286. The Morgan fingerprint density at radius 1 is 1.20 bits per heavy atom. The lowest BCUT2D eigenvalue weighted by Gasteiger charge is -2.11. The van der Waals surface area contributed by atoms with E-state index in [-0.39, 0.29) is 0 Å². The number of benzene rings is 1. The molecule has 0 aliphatic heterocycles. The van der Waals surface area contributed by atoms with Crippen LogP contribution in [0.25, 0.3) is 0 Å². The van der Waals surface area contributed by atoms with E-state index in [2.05, 4.69) is 36.5 Å². The standard InChI is InChI=1S/C14H16BrClN4/c1-3-11-19-12(17-4-2)8-13(20-11)18-10-7-5-6-9(16)14(10)15/h5-8H,3-4H2,1-2H3,(H2,17,18,19,20). The van der Waals surface area contributed by atoms with Crippen LogP contribution in [0.4, 0.5) is 17.3 Å². The van der Waals surface area contributed by atoms with Crippen LogP contribution >= 0.6 is 27.5 Å². The first-order valence-corrected chi connectivity index (χ1v) is 7.64. The minimum absolute atomic E-state index is 0.659. The van der Waals surface area contributed by atoms with Crippen LogP contribution in [-0.2, 0) is 6.42 Å². The van der Waals surface area contributed by atoms with Crippen molar-refractivity contribution in [1.29, 1.82) is 0 Å². The molecular weight excluding hydrogens is 340 g/mol. The highest BCUT2D eigenvalue weighted by atomic mass is 79.9. The third kappa shape index (κ3) is 3.61. The molecule has 106 valence electrons. The second kappa shape index (κ2) is 6.90. The number of aromatic nitrogens is 2. The molecule has 4 nitrogen and oxygen atoms in total. The number of hydrogen-bond donors (Lipinski definition) is 2. The summed E-state index contributed by atoms with van der Waals surface area (Å²) in [6.45, 7) is 4.89. The van der Waals surface area contributed by atoms with Crippen LogP contribution in [0, 0.1) is 0 Å². The van der Waals surface area contributed by atoms with E-state index >= 15 is 0 Å². The maximum atomic E-state index is 6.09. The van der Waals surface area contributed by atoms with Gasteiger partial charge >= 0.3 is 0 Å². The van der Waals surface area contributed by atoms with Crippen LogP contribution in [-0.4, -0.2) is 16.5 Å². The van der Waals surface area contributed by atoms with Crippen molar-refractivity contribution in [2.24, 2.45) is 0 Å². The number of aryl methyl sites for hydroxylation is 1. The quantitative estimate of drug-likeness (QED) is 0.821. The maximum Gasteiger partial charge on any atom is 0.136 e. The second-order valence-corrected chi connectivity index (χ2v) is 5.37. The van der Waals surface area contributed by atoms with Crippen molar-refractivity contribution < 1.29 is 0 Å². The lowest BCUT2D eigenvalue weighted by molar-refractivity contribution is 0.939. The number of rotatable bonds is 5. The summed E-state index contributed by atoms with van der Waals surface area (Å²) in [5.74, 6) is 2.36. The molecule has 2 N–H and O–H groups in total. The molecule has 1 aromatic heterocycles. The molecule has 0 bridgehead atoms. The number of hydrogen-bond acceptors (Lipinski definition) is 4. The minimum Gasteiger partial charge on any atom is -0.370 e. The number of nitrogens with zero attached hydrogens (tertiary/aromatic N) is 2. The largest absolute Gasteiger partial charge is 0.370 e. The smallest absolute Gasteiger partial charge is 0.136 e. The van der Waals surface area contributed by atoms with Gasteiger partial charge < -0.3 is 10.6 Å². The van der Waals surface area contributed by atoms with E-state index in [4.69, 9.17) is 11.6 Å². The minimum atomic E-state index is 0.659. The second-order valence-electron chi connectivity index (χ2n) is 4.16. The Morgan fingerprint density at radius 3 is 2.65 bits per heavy atom. The van der Waals surface area contributed by atoms with E-state index in [0.717, 1.165) is 40.6 Å². The van der Waals surface area contributed by atoms with Gasteiger partial charge in [0.15, 0.2) is 0 Å². The van der Waals surface area contributed by atoms with E-state index in [0.29, 0.717) is 5.02 Å². The first-order valence-electron chi connectivity index (χ1n) is 6.47. The Morgan fingerprint density at radius 2 is 1.95 bits per heavy atom. The van der Waals surface area contributed by atoms with Gasteiger partial charge in [0.25, 0.3) is 0 Å². The fourth-order valence-corrected chi connectivity index (χ4v) is 2.27. The van der Waals surface area contributed by atoms with Gasteiger partial charge in [-0.1, -0.05) is 24.6 Å². The molecule has 6 heteroatoms. The Balaban J connectivity index is 2.32. The summed E-state index contributed by atoms with van der Waals surface area (Å²) in [4.78, 5) is 8.90. The summed E-state index contributed by atoms with van der Waals surface area (Å²) in [7, 11) is 0. The predicted octanol–water partition coefficient (Wildman–Crippen LogP) is 4.63. The fourth-order valence-electron chi connectivity index (χ4n) is 1.73. The third-order valence-corrected chi connectivity index (χ3v) is 4.06. The summed E-state index contributed by atoms with van der Waals surface area (Å²) in [5, 5.41) is 7.13. The zero-order chi connectivity index (χ0) is 14.5. The number of nitrogens with one attached hydrogen (secondary N) is 2. The van der Waals surface area contributed by atoms with Crippen molar-refractivity contribution in [3.05, 3.63) is 39.6 Å². The van der Waals surface area contributed by atoms with Gasteiger partial charge in [0.2, 0.25) is 0 Å². The van der Waals surface area contributed by atoms with Crippen molar-refractivity contribution >= 4 is 44.9 Å². The molecule has 0 saturated heterocycles. The average molecular weight is 356 g/mol. The summed E-state index contributed by atoms with van der Waals surface area (Å²) in [6.07, 6.45) is 0.782. The first-order chi connectivity index (χ1) is 9.63. The summed E-state index contributed by atoms with van der Waals surface area (Å²) in [6, 6.07) is 7.55. The predicted molar refractivity (Wildman–Crippen MR) is 88.0 cm³/mol. The van der Waals surface area contributed by atoms with Crippen molar-refractivity contribution in [3.8, 4) is 0 Å². The van der Waals surface area contributed by atoms with Gasteiger partial charge in [-0.05, 0) is 35.0 Å². The van der Waals surface area contributed by atoms with Gasteiger partial charge in [0.1, 0.15) is 17.5 Å². The molecule has 2 rings (SSSR count). The van der Waals surface area contributed by atoms with E-state index < -0.39 is 0 Å². The Bertz CT molecular complexity index is 604. The first kappa shape index (κ1) is 15.1. The van der Waals surface area contributed by atoms with Gasteiger partial charge in [-0.25, -0.2) is 9.97 Å². The van der Waals surface area contributed by atoms with Crippen LogP contribution in [0.3, 0.4) is 0 Å². The molecule has 1 heterocycles. The zero-order valence-corrected chi connectivity index (χ0v) is 13.7. The zero-order valence-electron chi connectivity index (χ0n) is 11.4. The van der Waals surface area contributed by atoms with Gasteiger partial charge in [0, 0.05) is 19.0 Å². The molecular formula is C14H16BrClN4. The van der Waals surface area contributed by atoms with Crippen LogP contribution in [0.2, 0.25) is 5.02 Å². The molecule has 2 aromatic rings. The number of halogens is 2. The highest BCUT2D eigenvalue weighted by Gasteiger charge is 2.07. The Kier molecular flexibility index (Phi) is 5.20. The Hall–Kier alpha value is -1.33. The van der Waals surface area contributed by atoms with Gasteiger partial charge in [-0.3, -0.25) is 0 Å². The van der Waals surface area contributed by atoms with Crippen LogP contribution in [0.15, 0.2) is 28.7 Å². The normalized spacial score (nSPS) is 10.4. The van der Waals surface area contributed by atoms with E-state index in [1.807, 2.05) is 38.1 Å². The average Bonchev–Trinajstić information content (AvgIpc) is 2.44. The topological polar surface area (TPSA) is 49.8 Å². The van der Waals surface area contributed by atoms with Gasteiger partial charge in [0.05, 0.1) is 15.2 Å². The molecule has 0 fully saturated rings. The van der Waals surface area contributed by atoms with E-state index in [1.165, 1.54) is 0 Å². The van der Waals surface area contributed by atoms with Crippen LogP contribution in [0.5, 0.6) is 0 Å². The summed E-state index contributed by atoms with van der Waals surface area (Å²) >= 11 is 9.56. The highest BCUT2D eigenvalue weighted by Crippen LogP contribution is 2.32. The molecule has 0 aliphatic carbocycles. The van der Waals surface area contributed by atoms with Crippen molar-refractivity contribution in [3.63, 3.8) is 0 Å².